The van der Waals surface area contributed by atoms with Gasteiger partial charge in [-0.05, 0) is 93.9 Å². The van der Waals surface area contributed by atoms with Crippen molar-refractivity contribution in [2.45, 2.75) is 27.7 Å². The van der Waals surface area contributed by atoms with Gasteiger partial charge in [-0.2, -0.15) is 0 Å². The van der Waals surface area contributed by atoms with Crippen LogP contribution in [0.25, 0.3) is 11.8 Å². The predicted molar refractivity (Wildman–Crippen MR) is 138 cm³/mol. The van der Waals surface area contributed by atoms with Gasteiger partial charge in [0.25, 0.3) is 0 Å². The summed E-state index contributed by atoms with van der Waals surface area (Å²) in [6, 6.07) is 17.0. The maximum absolute atomic E-state index is 13.4. The SMILES string of the molecule is CCOc1ccc(-n2c(C)cc(C=C3C(=O)C(C(=O)OC)=C(C)N3c3ccc(Cl)cc3)c2C)cc1. The molecule has 0 bridgehead atoms. The quantitative estimate of drug-likeness (QED) is 0.240. The van der Waals surface area contributed by atoms with Crippen molar-refractivity contribution in [3.63, 3.8) is 0 Å². The number of rotatable bonds is 6. The average molecular weight is 491 g/mol. The van der Waals surface area contributed by atoms with E-state index >= 15 is 0 Å². The van der Waals surface area contributed by atoms with Crippen molar-refractivity contribution in [3.05, 3.63) is 93.5 Å². The van der Waals surface area contributed by atoms with E-state index in [4.69, 9.17) is 21.1 Å². The van der Waals surface area contributed by atoms with Crippen molar-refractivity contribution < 1.29 is 19.1 Å². The molecule has 1 aliphatic rings. The van der Waals surface area contributed by atoms with Crippen LogP contribution in [0.2, 0.25) is 5.02 Å². The largest absolute Gasteiger partial charge is 0.494 e. The molecule has 0 saturated heterocycles. The van der Waals surface area contributed by atoms with E-state index in [2.05, 4.69) is 4.57 Å². The average Bonchev–Trinajstić information content (AvgIpc) is 3.26. The molecule has 0 N–H and O–H groups in total. The molecule has 0 atom stereocenters. The van der Waals surface area contributed by atoms with Gasteiger partial charge in [-0.25, -0.2) is 4.79 Å². The molecular weight excluding hydrogens is 464 g/mol. The van der Waals surface area contributed by atoms with Gasteiger partial charge < -0.3 is 18.9 Å². The molecule has 35 heavy (non-hydrogen) atoms. The molecule has 0 radical (unpaired) electrons. The van der Waals surface area contributed by atoms with Gasteiger partial charge in [-0.3, -0.25) is 4.79 Å². The Bertz CT molecular complexity index is 1350. The summed E-state index contributed by atoms with van der Waals surface area (Å²) in [7, 11) is 1.27. The number of ether oxygens (including phenoxy) is 2. The molecule has 0 unspecified atom stereocenters. The van der Waals surface area contributed by atoms with E-state index < -0.39 is 5.97 Å². The van der Waals surface area contributed by atoms with Crippen LogP contribution >= 0.6 is 11.6 Å². The van der Waals surface area contributed by atoms with Gasteiger partial charge in [0.05, 0.1) is 19.4 Å². The van der Waals surface area contributed by atoms with E-state index in [0.717, 1.165) is 34.1 Å². The van der Waals surface area contributed by atoms with E-state index in [0.29, 0.717) is 23.0 Å². The highest BCUT2D eigenvalue weighted by Gasteiger charge is 2.38. The molecule has 0 saturated carbocycles. The molecule has 4 rings (SSSR count). The lowest BCUT2D eigenvalue weighted by Gasteiger charge is -2.21. The number of carbonyl (C=O) groups excluding carboxylic acids is 2. The number of carbonyl (C=O) groups is 2. The Morgan fingerprint density at radius 2 is 1.63 bits per heavy atom. The van der Waals surface area contributed by atoms with Crippen LogP contribution < -0.4 is 9.64 Å². The second-order valence-electron chi connectivity index (χ2n) is 8.21. The number of hydrogen-bond donors (Lipinski definition) is 0. The van der Waals surface area contributed by atoms with E-state index in [9.17, 15) is 9.59 Å². The molecule has 0 spiro atoms. The third-order valence-electron chi connectivity index (χ3n) is 6.04. The minimum absolute atomic E-state index is 0.0222. The number of halogens is 1. The molecule has 0 fully saturated rings. The zero-order valence-corrected chi connectivity index (χ0v) is 21.1. The van der Waals surface area contributed by atoms with Crippen LogP contribution in [0.3, 0.4) is 0 Å². The molecule has 2 heterocycles. The summed E-state index contributed by atoms with van der Waals surface area (Å²) in [6.45, 7) is 8.32. The lowest BCUT2D eigenvalue weighted by molar-refractivity contribution is -0.137. The molecule has 2 aromatic carbocycles. The zero-order valence-electron chi connectivity index (χ0n) is 20.4. The van der Waals surface area contributed by atoms with Crippen molar-refractivity contribution in [2.75, 3.05) is 18.6 Å². The van der Waals surface area contributed by atoms with Crippen molar-refractivity contribution in [1.29, 1.82) is 0 Å². The predicted octanol–water partition coefficient (Wildman–Crippen LogP) is 6.02. The lowest BCUT2D eigenvalue weighted by Crippen LogP contribution is -2.18. The molecule has 3 aromatic rings. The Labute approximate surface area is 210 Å². The van der Waals surface area contributed by atoms with Gasteiger partial charge in [0.2, 0.25) is 5.78 Å². The van der Waals surface area contributed by atoms with Gasteiger partial charge in [-0.1, -0.05) is 11.6 Å². The fraction of sp³-hybridized carbons (Fsp3) is 0.214. The number of methoxy groups -OCH3 is 1. The number of allylic oxidation sites excluding steroid dienone is 2. The van der Waals surface area contributed by atoms with Crippen LogP contribution in [0.15, 0.2) is 71.6 Å². The minimum atomic E-state index is -0.658. The summed E-state index contributed by atoms with van der Waals surface area (Å²) in [4.78, 5) is 27.7. The molecule has 180 valence electrons. The van der Waals surface area contributed by atoms with E-state index in [-0.39, 0.29) is 11.4 Å². The van der Waals surface area contributed by atoms with Crippen LogP contribution in [0.4, 0.5) is 5.69 Å². The number of aryl methyl sites for hydroxylation is 1. The highest BCUT2D eigenvalue weighted by molar-refractivity contribution is 6.31. The number of nitrogens with zero attached hydrogens (tertiary/aromatic N) is 2. The zero-order chi connectivity index (χ0) is 25.3. The number of anilines is 1. The van der Waals surface area contributed by atoms with E-state index in [1.807, 2.05) is 69.3 Å². The van der Waals surface area contributed by atoms with Crippen LogP contribution in [0.5, 0.6) is 5.75 Å². The number of benzene rings is 2. The maximum atomic E-state index is 13.4. The normalized spacial score (nSPS) is 14.7. The second-order valence-corrected chi connectivity index (χ2v) is 8.65. The van der Waals surface area contributed by atoms with Crippen molar-refractivity contribution >= 4 is 35.1 Å². The molecular formula is C28H27ClN2O4. The highest BCUT2D eigenvalue weighted by atomic mass is 35.5. The Morgan fingerprint density at radius 1 is 1.00 bits per heavy atom. The molecule has 0 amide bonds. The van der Waals surface area contributed by atoms with E-state index in [1.165, 1.54) is 7.11 Å². The van der Waals surface area contributed by atoms with Crippen LogP contribution in [-0.4, -0.2) is 30.0 Å². The van der Waals surface area contributed by atoms with Gasteiger partial charge in [0, 0.05) is 33.5 Å². The fourth-order valence-corrected chi connectivity index (χ4v) is 4.54. The van der Waals surface area contributed by atoms with Gasteiger partial charge in [0.15, 0.2) is 0 Å². The first-order valence-corrected chi connectivity index (χ1v) is 11.7. The molecule has 7 heteroatoms. The lowest BCUT2D eigenvalue weighted by atomic mass is 10.1. The maximum Gasteiger partial charge on any atom is 0.343 e. The molecule has 0 aliphatic carbocycles. The van der Waals surface area contributed by atoms with E-state index in [1.54, 1.807) is 24.0 Å². The smallest absolute Gasteiger partial charge is 0.343 e. The third-order valence-corrected chi connectivity index (χ3v) is 6.29. The number of Topliss-reactive ketones (excluding diaryl/α,β-unsaturated/α-hetero) is 1. The van der Waals surface area contributed by atoms with Crippen LogP contribution in [0, 0.1) is 13.8 Å². The fourth-order valence-electron chi connectivity index (χ4n) is 4.42. The third kappa shape index (κ3) is 4.49. The first kappa shape index (κ1) is 24.4. The van der Waals surface area contributed by atoms with Gasteiger partial charge >= 0.3 is 5.97 Å². The Hall–Kier alpha value is -3.77. The van der Waals surface area contributed by atoms with Crippen LogP contribution in [0.1, 0.15) is 30.8 Å². The van der Waals surface area contributed by atoms with Crippen molar-refractivity contribution in [2.24, 2.45) is 0 Å². The molecule has 1 aliphatic heterocycles. The topological polar surface area (TPSA) is 60.8 Å². The summed E-state index contributed by atoms with van der Waals surface area (Å²) in [5.74, 6) is -0.224. The van der Waals surface area contributed by atoms with Crippen LogP contribution in [-0.2, 0) is 14.3 Å². The second kappa shape index (κ2) is 9.84. The van der Waals surface area contributed by atoms with Crippen molar-refractivity contribution in [1.82, 2.24) is 4.57 Å². The number of ketones is 1. The Morgan fingerprint density at radius 3 is 2.23 bits per heavy atom. The first-order valence-electron chi connectivity index (χ1n) is 11.3. The Kier molecular flexibility index (Phi) is 6.85. The summed E-state index contributed by atoms with van der Waals surface area (Å²) in [5.41, 5.74) is 5.47. The highest BCUT2D eigenvalue weighted by Crippen LogP contribution is 2.37. The van der Waals surface area contributed by atoms with Crippen molar-refractivity contribution in [3.8, 4) is 11.4 Å². The summed E-state index contributed by atoms with van der Waals surface area (Å²) >= 11 is 6.08. The Balaban J connectivity index is 1.81. The monoisotopic (exact) mass is 490 g/mol. The van der Waals surface area contributed by atoms with Gasteiger partial charge in [-0.15, -0.1) is 0 Å². The summed E-state index contributed by atoms with van der Waals surface area (Å²) < 4.78 is 12.6. The molecule has 6 nitrogen and oxygen atoms in total. The standard InChI is InChI=1S/C28H27ClN2O4/c1-6-35-24-13-11-22(12-14-24)30-17(2)15-20(18(30)3)16-25-27(32)26(28(33)34-5)19(4)31(25)23-9-7-21(29)8-10-23/h7-16H,6H2,1-5H3. The number of esters is 1. The first-order chi connectivity index (χ1) is 16.8. The number of hydrogen-bond acceptors (Lipinski definition) is 5. The minimum Gasteiger partial charge on any atom is -0.494 e. The summed E-state index contributed by atoms with van der Waals surface area (Å²) in [5, 5.41) is 0.582. The van der Waals surface area contributed by atoms with Gasteiger partial charge in [0.1, 0.15) is 11.3 Å². The number of aromatic nitrogens is 1. The molecule has 1 aromatic heterocycles. The summed E-state index contributed by atoms with van der Waals surface area (Å²) in [6.07, 6.45) is 1.82.